The molecule has 0 aliphatic carbocycles. The summed E-state index contributed by atoms with van der Waals surface area (Å²) in [7, 11) is -0.513. The molecule has 0 aliphatic rings. The molecule has 0 spiro atoms. The van der Waals surface area contributed by atoms with E-state index in [4.69, 9.17) is 4.42 Å². The predicted molar refractivity (Wildman–Crippen MR) is 120 cm³/mol. The number of rotatable bonds is 6. The number of furan rings is 1. The van der Waals surface area contributed by atoms with E-state index in [0.717, 1.165) is 5.52 Å². The highest BCUT2D eigenvalue weighted by Crippen LogP contribution is 2.21. The number of aromatic nitrogens is 2. The Morgan fingerprint density at radius 2 is 1.78 bits per heavy atom. The molecule has 10 heteroatoms. The van der Waals surface area contributed by atoms with Gasteiger partial charge in [-0.1, -0.05) is 6.07 Å². The van der Waals surface area contributed by atoms with Crippen molar-refractivity contribution in [1.29, 1.82) is 0 Å². The number of anilines is 1. The minimum absolute atomic E-state index is 0.000545. The van der Waals surface area contributed by atoms with E-state index in [1.54, 1.807) is 57.4 Å². The van der Waals surface area contributed by atoms with Gasteiger partial charge in [-0.15, -0.1) is 0 Å². The van der Waals surface area contributed by atoms with Crippen LogP contribution in [-0.4, -0.2) is 23.5 Å². The number of benzene rings is 2. The van der Waals surface area contributed by atoms with Crippen LogP contribution in [0.4, 0.5) is 5.69 Å². The molecule has 0 fully saturated rings. The maximum absolute atomic E-state index is 12.9. The number of nitrogens with zero attached hydrogens (tertiary/aromatic N) is 2. The molecule has 4 aromatic rings. The maximum atomic E-state index is 12.9. The second-order valence-electron chi connectivity index (χ2n) is 7.44. The molecule has 0 atom stereocenters. The van der Waals surface area contributed by atoms with Crippen LogP contribution in [0.2, 0.25) is 0 Å². The third-order valence-corrected chi connectivity index (χ3v) is 6.71. The lowest BCUT2D eigenvalue weighted by atomic mass is 10.1. The number of amides is 1. The summed E-state index contributed by atoms with van der Waals surface area (Å²) >= 11 is 0. The van der Waals surface area contributed by atoms with Gasteiger partial charge in [0, 0.05) is 25.3 Å². The number of aryl methyl sites for hydroxylation is 3. The standard InChI is InChI=1S/C22H22N4O5S/c1-14-6-8-17(32(29,30)23-13-16-5-4-10-31-16)12-18(14)21(27)24-15-7-9-19-20(11-15)26(3)22(28)25(19)2/h4-12,23H,13H2,1-3H3,(H,24,27). The molecule has 0 saturated heterocycles. The summed E-state index contributed by atoms with van der Waals surface area (Å²) in [5.74, 6) is 0.0234. The number of hydrogen-bond acceptors (Lipinski definition) is 5. The second-order valence-corrected chi connectivity index (χ2v) is 9.21. The zero-order valence-corrected chi connectivity index (χ0v) is 18.6. The summed E-state index contributed by atoms with van der Waals surface area (Å²) < 4.78 is 36.0. The first-order valence-corrected chi connectivity index (χ1v) is 11.3. The van der Waals surface area contributed by atoms with E-state index >= 15 is 0 Å². The van der Waals surface area contributed by atoms with Crippen LogP contribution in [0.5, 0.6) is 0 Å². The van der Waals surface area contributed by atoms with Gasteiger partial charge < -0.3 is 9.73 Å². The van der Waals surface area contributed by atoms with Crippen molar-refractivity contribution in [3.8, 4) is 0 Å². The van der Waals surface area contributed by atoms with E-state index in [-0.39, 0.29) is 22.7 Å². The Morgan fingerprint density at radius 1 is 1.03 bits per heavy atom. The number of sulfonamides is 1. The van der Waals surface area contributed by atoms with Gasteiger partial charge >= 0.3 is 5.69 Å². The number of carbonyl (C=O) groups excluding carboxylic acids is 1. The van der Waals surface area contributed by atoms with Crippen LogP contribution in [0.25, 0.3) is 11.0 Å². The van der Waals surface area contributed by atoms with Gasteiger partial charge in [0.15, 0.2) is 0 Å². The molecule has 2 heterocycles. The van der Waals surface area contributed by atoms with Crippen LogP contribution in [0.15, 0.2) is 68.9 Å². The first-order chi connectivity index (χ1) is 15.2. The van der Waals surface area contributed by atoms with Gasteiger partial charge in [-0.05, 0) is 55.0 Å². The van der Waals surface area contributed by atoms with Crippen LogP contribution in [-0.2, 0) is 30.7 Å². The van der Waals surface area contributed by atoms with E-state index in [0.29, 0.717) is 22.5 Å². The third kappa shape index (κ3) is 3.97. The second kappa shape index (κ2) is 8.13. The SMILES string of the molecule is Cc1ccc(S(=O)(=O)NCc2ccco2)cc1C(=O)Nc1ccc2c(c1)n(C)c(=O)n2C. The Morgan fingerprint density at radius 3 is 2.50 bits per heavy atom. The molecule has 32 heavy (non-hydrogen) atoms. The normalized spacial score (nSPS) is 11.7. The lowest BCUT2D eigenvalue weighted by molar-refractivity contribution is 0.102. The van der Waals surface area contributed by atoms with E-state index in [1.807, 2.05) is 0 Å². The van der Waals surface area contributed by atoms with Crippen molar-refractivity contribution in [2.45, 2.75) is 18.4 Å². The summed E-state index contributed by atoms with van der Waals surface area (Å²) in [4.78, 5) is 25.0. The summed E-state index contributed by atoms with van der Waals surface area (Å²) in [6.45, 7) is 1.73. The quantitative estimate of drug-likeness (QED) is 0.465. The van der Waals surface area contributed by atoms with Crippen molar-refractivity contribution in [1.82, 2.24) is 13.9 Å². The Labute approximate surface area is 184 Å². The highest BCUT2D eigenvalue weighted by Gasteiger charge is 2.19. The minimum atomic E-state index is -3.85. The first kappa shape index (κ1) is 21.6. The monoisotopic (exact) mass is 454 g/mol. The maximum Gasteiger partial charge on any atom is 0.328 e. The number of hydrogen-bond donors (Lipinski definition) is 2. The zero-order chi connectivity index (χ0) is 23.0. The molecule has 0 unspecified atom stereocenters. The van der Waals surface area contributed by atoms with Crippen LogP contribution in [0.1, 0.15) is 21.7 Å². The van der Waals surface area contributed by atoms with Crippen molar-refractivity contribution >= 4 is 32.7 Å². The van der Waals surface area contributed by atoms with Gasteiger partial charge in [0.2, 0.25) is 10.0 Å². The lowest BCUT2D eigenvalue weighted by Crippen LogP contribution is -2.24. The summed E-state index contributed by atoms with van der Waals surface area (Å²) in [6.07, 6.45) is 1.46. The van der Waals surface area contributed by atoms with E-state index < -0.39 is 15.9 Å². The molecule has 0 aliphatic heterocycles. The van der Waals surface area contributed by atoms with Crippen LogP contribution < -0.4 is 15.7 Å². The fraction of sp³-hybridized carbons (Fsp3) is 0.182. The summed E-state index contributed by atoms with van der Waals surface area (Å²) in [5.41, 5.74) is 2.59. The molecule has 0 radical (unpaired) electrons. The van der Waals surface area contributed by atoms with Gasteiger partial charge in [-0.25, -0.2) is 17.9 Å². The highest BCUT2D eigenvalue weighted by atomic mass is 32.2. The van der Waals surface area contributed by atoms with Crippen molar-refractivity contribution in [2.75, 3.05) is 5.32 Å². The minimum Gasteiger partial charge on any atom is -0.468 e. The lowest BCUT2D eigenvalue weighted by Gasteiger charge is -2.11. The van der Waals surface area contributed by atoms with Gasteiger partial charge in [-0.2, -0.15) is 0 Å². The summed E-state index contributed by atoms with van der Waals surface area (Å²) in [5, 5.41) is 2.79. The highest BCUT2D eigenvalue weighted by molar-refractivity contribution is 7.89. The van der Waals surface area contributed by atoms with Crippen molar-refractivity contribution in [3.63, 3.8) is 0 Å². The van der Waals surface area contributed by atoms with E-state index in [9.17, 15) is 18.0 Å². The molecule has 2 N–H and O–H groups in total. The third-order valence-electron chi connectivity index (χ3n) is 5.31. The average Bonchev–Trinajstić information content (AvgIpc) is 3.36. The molecule has 2 aromatic heterocycles. The van der Waals surface area contributed by atoms with E-state index in [2.05, 4.69) is 10.0 Å². The molecule has 2 aromatic carbocycles. The Hall–Kier alpha value is -3.63. The Kier molecular flexibility index (Phi) is 5.49. The zero-order valence-electron chi connectivity index (χ0n) is 17.7. The molecular formula is C22H22N4O5S. The van der Waals surface area contributed by atoms with Crippen molar-refractivity contribution < 1.29 is 17.6 Å². The number of fused-ring (bicyclic) bond motifs is 1. The number of nitrogens with one attached hydrogen (secondary N) is 2. The van der Waals surface area contributed by atoms with Crippen LogP contribution in [0.3, 0.4) is 0 Å². The molecule has 9 nitrogen and oxygen atoms in total. The average molecular weight is 455 g/mol. The summed E-state index contributed by atoms with van der Waals surface area (Å²) in [6, 6.07) is 12.8. The molecule has 0 saturated carbocycles. The fourth-order valence-electron chi connectivity index (χ4n) is 3.46. The van der Waals surface area contributed by atoms with Crippen LogP contribution >= 0.6 is 0 Å². The Bertz CT molecular complexity index is 1480. The Balaban J connectivity index is 1.59. The van der Waals surface area contributed by atoms with Crippen LogP contribution in [0, 0.1) is 6.92 Å². The molecular weight excluding hydrogens is 432 g/mol. The van der Waals surface area contributed by atoms with Gasteiger partial charge in [-0.3, -0.25) is 13.9 Å². The van der Waals surface area contributed by atoms with Crippen molar-refractivity contribution in [2.24, 2.45) is 14.1 Å². The van der Waals surface area contributed by atoms with E-state index in [1.165, 1.54) is 27.5 Å². The van der Waals surface area contributed by atoms with Gasteiger partial charge in [0.05, 0.1) is 28.7 Å². The first-order valence-electron chi connectivity index (χ1n) is 9.77. The number of carbonyl (C=O) groups is 1. The smallest absolute Gasteiger partial charge is 0.328 e. The molecule has 4 rings (SSSR count). The fourth-order valence-corrected chi connectivity index (χ4v) is 4.48. The van der Waals surface area contributed by atoms with Crippen molar-refractivity contribution in [3.05, 3.63) is 82.2 Å². The van der Waals surface area contributed by atoms with Gasteiger partial charge in [0.1, 0.15) is 5.76 Å². The largest absolute Gasteiger partial charge is 0.468 e. The van der Waals surface area contributed by atoms with Gasteiger partial charge in [0.25, 0.3) is 5.91 Å². The predicted octanol–water partition coefficient (Wildman–Crippen LogP) is 2.51. The molecule has 1 amide bonds. The molecule has 0 bridgehead atoms. The number of imidazole rings is 1. The topological polar surface area (TPSA) is 115 Å². The molecule has 166 valence electrons.